The van der Waals surface area contributed by atoms with Crippen molar-refractivity contribution in [2.24, 2.45) is 10.2 Å². The molecule has 0 aliphatic heterocycles. The molecule has 0 spiro atoms. The molecular formula is C24H33N2NaO5S. The van der Waals surface area contributed by atoms with Crippen LogP contribution >= 0.6 is 0 Å². The average Bonchev–Trinajstić information content (AvgIpc) is 2.77. The number of rotatable bonds is 15. The van der Waals surface area contributed by atoms with Gasteiger partial charge in [-0.05, 0) is 49.7 Å². The summed E-state index contributed by atoms with van der Waals surface area (Å²) in [5, 5.41) is 8.25. The van der Waals surface area contributed by atoms with Crippen LogP contribution in [0, 0.1) is 0 Å². The number of hydrogen-bond acceptors (Lipinski definition) is 7. The third kappa shape index (κ3) is 11.5. The predicted octanol–water partition coefficient (Wildman–Crippen LogP) is 3.93. The molecular weight excluding hydrogens is 451 g/mol. The summed E-state index contributed by atoms with van der Waals surface area (Å²) in [4.78, 5) is -0.298. The van der Waals surface area contributed by atoms with Crippen molar-refractivity contribution in [1.82, 2.24) is 0 Å². The maximum atomic E-state index is 11.0. The molecule has 0 atom stereocenters. The summed E-state index contributed by atoms with van der Waals surface area (Å²) < 4.78 is 44.6. The second-order valence-electron chi connectivity index (χ2n) is 7.54. The van der Waals surface area contributed by atoms with Gasteiger partial charge in [0, 0.05) is 6.07 Å². The fraction of sp³-hybridized carbons (Fsp3) is 0.500. The first kappa shape index (κ1) is 29.6. The van der Waals surface area contributed by atoms with Gasteiger partial charge in [-0.3, -0.25) is 0 Å². The second kappa shape index (κ2) is 16.2. The summed E-state index contributed by atoms with van der Waals surface area (Å²) in [6.07, 6.45) is 9.97. The van der Waals surface area contributed by atoms with Gasteiger partial charge in [0.15, 0.2) is 11.5 Å². The van der Waals surface area contributed by atoms with Gasteiger partial charge in [-0.2, -0.15) is 10.2 Å². The van der Waals surface area contributed by atoms with E-state index in [4.69, 9.17) is 9.47 Å². The van der Waals surface area contributed by atoms with E-state index in [1.165, 1.54) is 62.8 Å². The molecule has 0 heterocycles. The van der Waals surface area contributed by atoms with E-state index >= 15 is 0 Å². The first-order chi connectivity index (χ1) is 15.4. The van der Waals surface area contributed by atoms with Crippen LogP contribution in [0.3, 0.4) is 0 Å². The van der Waals surface area contributed by atoms with E-state index in [0.717, 1.165) is 12.8 Å². The van der Waals surface area contributed by atoms with Crippen LogP contribution in [-0.4, -0.2) is 26.2 Å². The summed E-state index contributed by atoms with van der Waals surface area (Å²) in [7, 11) is -4.47. The van der Waals surface area contributed by atoms with Gasteiger partial charge < -0.3 is 14.0 Å². The molecule has 0 radical (unpaired) electrons. The van der Waals surface area contributed by atoms with E-state index in [-0.39, 0.29) is 34.5 Å². The van der Waals surface area contributed by atoms with Crippen molar-refractivity contribution >= 4 is 21.5 Å². The van der Waals surface area contributed by atoms with Gasteiger partial charge in [-0.15, -0.1) is 0 Å². The van der Waals surface area contributed by atoms with Gasteiger partial charge in [0.05, 0.1) is 29.5 Å². The fourth-order valence-corrected chi connectivity index (χ4v) is 3.63. The Labute approximate surface area is 220 Å². The Morgan fingerprint density at radius 3 is 1.94 bits per heavy atom. The Morgan fingerprint density at radius 2 is 1.33 bits per heavy atom. The van der Waals surface area contributed by atoms with E-state index in [1.807, 2.05) is 13.0 Å². The zero-order valence-corrected chi connectivity index (χ0v) is 22.8. The van der Waals surface area contributed by atoms with Crippen molar-refractivity contribution in [2.75, 3.05) is 13.2 Å². The summed E-state index contributed by atoms with van der Waals surface area (Å²) in [5.41, 5.74) is 1.01. The first-order valence-corrected chi connectivity index (χ1v) is 12.7. The van der Waals surface area contributed by atoms with Gasteiger partial charge in [-0.25, -0.2) is 8.42 Å². The van der Waals surface area contributed by atoms with Crippen LogP contribution < -0.4 is 39.0 Å². The molecule has 0 aliphatic carbocycles. The number of azo groups is 1. The number of benzene rings is 2. The van der Waals surface area contributed by atoms with Crippen molar-refractivity contribution in [3.05, 3.63) is 42.5 Å². The van der Waals surface area contributed by atoms with Crippen molar-refractivity contribution in [2.45, 2.75) is 70.1 Å². The van der Waals surface area contributed by atoms with E-state index < -0.39 is 10.1 Å². The molecule has 0 saturated heterocycles. The van der Waals surface area contributed by atoms with Gasteiger partial charge in [0.1, 0.15) is 10.1 Å². The molecule has 7 nitrogen and oxygen atoms in total. The van der Waals surface area contributed by atoms with Crippen molar-refractivity contribution in [1.29, 1.82) is 0 Å². The van der Waals surface area contributed by atoms with Crippen LogP contribution in [-0.2, 0) is 10.1 Å². The normalized spacial score (nSPS) is 11.4. The monoisotopic (exact) mass is 484 g/mol. The Hall–Kier alpha value is -1.45. The largest absolute Gasteiger partial charge is 1.00 e. The third-order valence-electron chi connectivity index (χ3n) is 4.89. The minimum atomic E-state index is -4.47. The summed E-state index contributed by atoms with van der Waals surface area (Å²) in [6, 6.07) is 10.6. The van der Waals surface area contributed by atoms with Gasteiger partial charge in [-0.1, -0.05) is 51.9 Å². The van der Waals surface area contributed by atoms with E-state index in [0.29, 0.717) is 36.1 Å². The number of hydrogen-bond donors (Lipinski definition) is 0. The molecule has 176 valence electrons. The maximum absolute atomic E-state index is 11.0. The molecule has 2 aromatic rings. The predicted molar refractivity (Wildman–Crippen MR) is 124 cm³/mol. The molecule has 33 heavy (non-hydrogen) atoms. The number of ether oxygens (including phenoxy) is 2. The van der Waals surface area contributed by atoms with Crippen LogP contribution in [0.2, 0.25) is 0 Å². The summed E-state index contributed by atoms with van der Waals surface area (Å²) in [5.74, 6) is 1.29. The number of unbranched alkanes of at least 4 members (excludes halogenated alkanes) is 7. The van der Waals surface area contributed by atoms with Gasteiger partial charge in [0.25, 0.3) is 0 Å². The molecule has 0 aromatic heterocycles. The van der Waals surface area contributed by atoms with Crippen LogP contribution in [0.1, 0.15) is 65.2 Å². The second-order valence-corrected chi connectivity index (χ2v) is 8.92. The number of nitrogens with zero attached hydrogens (tertiary/aromatic N) is 2. The molecule has 0 unspecified atom stereocenters. The summed E-state index contributed by atoms with van der Waals surface area (Å²) >= 11 is 0. The fourth-order valence-electron chi connectivity index (χ4n) is 3.16. The molecule has 2 aromatic carbocycles. The van der Waals surface area contributed by atoms with Crippen molar-refractivity contribution in [3.8, 4) is 11.5 Å². The van der Waals surface area contributed by atoms with Crippen LogP contribution in [0.15, 0.2) is 57.6 Å². The van der Waals surface area contributed by atoms with E-state index in [1.54, 1.807) is 12.1 Å². The molecule has 0 saturated carbocycles. The Morgan fingerprint density at radius 1 is 0.758 bits per heavy atom. The first-order valence-electron chi connectivity index (χ1n) is 11.3. The zero-order valence-electron chi connectivity index (χ0n) is 20.0. The third-order valence-corrected chi connectivity index (χ3v) is 5.74. The molecule has 0 N–H and O–H groups in total. The smallest absolute Gasteiger partial charge is 0.744 e. The Bertz CT molecular complexity index is 950. The molecule has 2 rings (SSSR count). The summed E-state index contributed by atoms with van der Waals surface area (Å²) in [6.45, 7) is 5.28. The molecule has 0 bridgehead atoms. The topological polar surface area (TPSA) is 100 Å². The van der Waals surface area contributed by atoms with Crippen LogP contribution in [0.4, 0.5) is 11.4 Å². The molecule has 0 aliphatic rings. The van der Waals surface area contributed by atoms with Crippen LogP contribution in [0.25, 0.3) is 0 Å². The molecule has 0 fully saturated rings. The van der Waals surface area contributed by atoms with E-state index in [9.17, 15) is 13.0 Å². The molecule has 0 amide bonds. The van der Waals surface area contributed by atoms with Crippen LogP contribution in [0.5, 0.6) is 11.5 Å². The standard InChI is InChI=1S/C24H34N2O5S.Na/c1-3-5-6-7-8-9-10-11-18-31-23-17-14-21(19-24(23)30-4-2)26-25-20-12-15-22(16-13-20)32(27,28)29;/h12-17,19H,3-11,18H2,1-2H3,(H,27,28,29);/q;+1/p-1. The minimum absolute atomic E-state index is 0. The molecule has 9 heteroatoms. The Balaban J connectivity index is 0.00000544. The minimum Gasteiger partial charge on any atom is -0.744 e. The quantitative estimate of drug-likeness (QED) is 0.165. The average molecular weight is 485 g/mol. The SMILES string of the molecule is CCCCCCCCCCOc1ccc(N=Nc2ccc(S(=O)(=O)[O-])cc2)cc1OCC.[Na+]. The Kier molecular flexibility index (Phi) is 14.5. The van der Waals surface area contributed by atoms with Gasteiger partial charge in [0.2, 0.25) is 0 Å². The zero-order chi connectivity index (χ0) is 23.2. The van der Waals surface area contributed by atoms with Crippen molar-refractivity contribution in [3.63, 3.8) is 0 Å². The van der Waals surface area contributed by atoms with E-state index in [2.05, 4.69) is 17.2 Å². The maximum Gasteiger partial charge on any atom is 1.00 e. The van der Waals surface area contributed by atoms with Gasteiger partial charge >= 0.3 is 29.6 Å². The van der Waals surface area contributed by atoms with Crippen molar-refractivity contribution < 1.29 is 52.0 Å².